The highest BCUT2D eigenvalue weighted by atomic mass is 35.5. The molecule has 1 fully saturated rings. The highest BCUT2D eigenvalue weighted by molar-refractivity contribution is 6.42. The van der Waals surface area contributed by atoms with Gasteiger partial charge in [-0.1, -0.05) is 68.2 Å². The van der Waals surface area contributed by atoms with Gasteiger partial charge in [-0.15, -0.1) is 0 Å². The van der Waals surface area contributed by atoms with Crippen LogP contribution in [0.2, 0.25) is 10.0 Å². The first-order valence-electron chi connectivity index (χ1n) is 10.4. The first kappa shape index (κ1) is 24.4. The number of likely N-dealkylation sites (N-methyl/N-ethyl adjacent to an activating group) is 1. The molecule has 32 heavy (non-hydrogen) atoms. The van der Waals surface area contributed by atoms with Crippen LogP contribution >= 0.6 is 23.2 Å². The molecule has 1 saturated heterocycles. The maximum atomic E-state index is 13.3. The number of hydrogen-bond acceptors (Lipinski definition) is 3. The Labute approximate surface area is 198 Å². The second-order valence-corrected chi connectivity index (χ2v) is 9.94. The molecule has 0 aliphatic carbocycles. The van der Waals surface area contributed by atoms with E-state index in [4.69, 9.17) is 27.9 Å². The third-order valence-corrected chi connectivity index (χ3v) is 6.54. The van der Waals surface area contributed by atoms with Gasteiger partial charge in [0.05, 0.1) is 28.7 Å². The zero-order valence-corrected chi connectivity index (χ0v) is 20.1. The van der Waals surface area contributed by atoms with Gasteiger partial charge < -0.3 is 19.6 Å². The number of rotatable bonds is 3. The number of carbonyl (C=O) groups is 2. The van der Waals surface area contributed by atoms with Gasteiger partial charge >= 0.3 is 6.09 Å². The summed E-state index contributed by atoms with van der Waals surface area (Å²) in [5.74, 6) is -0.219. The molecule has 0 aromatic heterocycles. The molecular formula is C24H28Cl2N2O4. The second-order valence-electron chi connectivity index (χ2n) is 9.12. The molecule has 2 aromatic rings. The van der Waals surface area contributed by atoms with Gasteiger partial charge in [-0.3, -0.25) is 4.79 Å². The molecule has 1 heterocycles. The fourth-order valence-electron chi connectivity index (χ4n) is 3.79. The molecule has 2 aromatic carbocycles. The Morgan fingerprint density at radius 1 is 1.06 bits per heavy atom. The van der Waals surface area contributed by atoms with Gasteiger partial charge in [-0.2, -0.15) is 0 Å². The van der Waals surface area contributed by atoms with Crippen LogP contribution in [0.5, 0.6) is 0 Å². The zero-order chi connectivity index (χ0) is 23.6. The molecule has 0 bridgehead atoms. The summed E-state index contributed by atoms with van der Waals surface area (Å²) in [6, 6.07) is 13.5. The van der Waals surface area contributed by atoms with E-state index in [1.807, 2.05) is 32.9 Å². The van der Waals surface area contributed by atoms with Crippen LogP contribution in [0.1, 0.15) is 42.8 Å². The molecule has 0 saturated carbocycles. The van der Waals surface area contributed by atoms with Gasteiger partial charge in [-0.05, 0) is 35.2 Å². The quantitative estimate of drug-likeness (QED) is 0.622. The Morgan fingerprint density at radius 3 is 2.28 bits per heavy atom. The molecular weight excluding hydrogens is 451 g/mol. The first-order chi connectivity index (χ1) is 15.0. The maximum absolute atomic E-state index is 13.3. The monoisotopic (exact) mass is 478 g/mol. The number of amides is 2. The lowest BCUT2D eigenvalue weighted by Crippen LogP contribution is -2.48. The molecule has 1 N–H and O–H groups in total. The number of benzene rings is 2. The van der Waals surface area contributed by atoms with Crippen LogP contribution in [0.25, 0.3) is 0 Å². The lowest BCUT2D eigenvalue weighted by atomic mass is 9.88. The van der Waals surface area contributed by atoms with Crippen LogP contribution < -0.4 is 0 Å². The molecule has 6 nitrogen and oxygen atoms in total. The number of hydrogen-bond donors (Lipinski definition) is 1. The molecule has 3 atom stereocenters. The molecule has 172 valence electrons. The van der Waals surface area contributed by atoms with E-state index in [0.29, 0.717) is 15.6 Å². The van der Waals surface area contributed by atoms with Crippen LogP contribution in [0.3, 0.4) is 0 Å². The highest BCUT2D eigenvalue weighted by Crippen LogP contribution is 2.37. The fourth-order valence-corrected chi connectivity index (χ4v) is 4.10. The van der Waals surface area contributed by atoms with Crippen molar-refractivity contribution in [1.29, 1.82) is 0 Å². The molecule has 0 spiro atoms. The second kappa shape index (κ2) is 9.69. The van der Waals surface area contributed by atoms with Crippen LogP contribution in [-0.4, -0.2) is 59.2 Å². The topological polar surface area (TPSA) is 70.1 Å². The summed E-state index contributed by atoms with van der Waals surface area (Å²) in [5, 5.41) is 10.6. The molecule has 1 aliphatic rings. The molecule has 0 radical (unpaired) electrons. The minimum absolute atomic E-state index is 0.0991. The summed E-state index contributed by atoms with van der Waals surface area (Å²) in [7, 11) is 1.67. The average molecular weight is 479 g/mol. The van der Waals surface area contributed by atoms with Gasteiger partial charge in [0.2, 0.25) is 0 Å². The Hall–Kier alpha value is -2.28. The van der Waals surface area contributed by atoms with E-state index in [0.717, 1.165) is 5.56 Å². The van der Waals surface area contributed by atoms with Gasteiger partial charge in [0.25, 0.3) is 5.91 Å². The summed E-state index contributed by atoms with van der Waals surface area (Å²) in [5.41, 5.74) is 0.916. The van der Waals surface area contributed by atoms with Crippen molar-refractivity contribution >= 4 is 35.2 Å². The van der Waals surface area contributed by atoms with Crippen molar-refractivity contribution < 1.29 is 19.4 Å². The minimum atomic E-state index is -1.05. The van der Waals surface area contributed by atoms with Crippen molar-refractivity contribution in [1.82, 2.24) is 9.80 Å². The van der Waals surface area contributed by atoms with Crippen LogP contribution in [-0.2, 0) is 4.74 Å². The Kier molecular flexibility index (Phi) is 7.38. The van der Waals surface area contributed by atoms with Gasteiger partial charge in [-0.25, -0.2) is 4.79 Å². The zero-order valence-electron chi connectivity index (χ0n) is 18.6. The molecule has 1 aliphatic heterocycles. The predicted molar refractivity (Wildman–Crippen MR) is 125 cm³/mol. The number of carbonyl (C=O) groups excluding carboxylic acids is 1. The van der Waals surface area contributed by atoms with E-state index in [2.05, 4.69) is 0 Å². The lowest BCUT2D eigenvalue weighted by molar-refractivity contribution is -0.0793. The average Bonchev–Trinajstić information content (AvgIpc) is 2.96. The molecule has 1 unspecified atom stereocenters. The smallest absolute Gasteiger partial charge is 0.407 e. The predicted octanol–water partition coefficient (Wildman–Crippen LogP) is 5.60. The molecule has 2 amide bonds. The molecule has 8 heteroatoms. The number of ether oxygens (including phenoxy) is 1. The third-order valence-electron chi connectivity index (χ3n) is 5.80. The van der Waals surface area contributed by atoms with E-state index in [1.54, 1.807) is 48.3 Å². The van der Waals surface area contributed by atoms with Gasteiger partial charge in [0.15, 0.2) is 0 Å². The van der Waals surface area contributed by atoms with Gasteiger partial charge in [0, 0.05) is 19.2 Å². The SMILES string of the molecule is CN(C(=O)c1ccccc1)[C@@H]1CN(C(=O)O)CC(C(C)(C)C)O[C@H]1c1ccc(Cl)c(Cl)c1. The van der Waals surface area contributed by atoms with E-state index < -0.39 is 24.3 Å². The fraction of sp³-hybridized carbons (Fsp3) is 0.417. The third kappa shape index (κ3) is 5.37. The summed E-state index contributed by atoms with van der Waals surface area (Å²) in [6.45, 7) is 6.30. The summed E-state index contributed by atoms with van der Waals surface area (Å²) >= 11 is 12.4. The first-order valence-corrected chi connectivity index (χ1v) is 11.1. The van der Waals surface area contributed by atoms with E-state index in [-0.39, 0.29) is 24.4 Å². The van der Waals surface area contributed by atoms with Crippen molar-refractivity contribution in [2.24, 2.45) is 5.41 Å². The molecule has 3 rings (SSSR count). The highest BCUT2D eigenvalue weighted by Gasteiger charge is 2.42. The largest absolute Gasteiger partial charge is 0.465 e. The Bertz CT molecular complexity index is 978. The number of halogens is 2. The minimum Gasteiger partial charge on any atom is -0.465 e. The van der Waals surface area contributed by atoms with Crippen molar-refractivity contribution in [2.45, 2.75) is 39.0 Å². The maximum Gasteiger partial charge on any atom is 0.407 e. The van der Waals surface area contributed by atoms with E-state index in [9.17, 15) is 14.7 Å². The van der Waals surface area contributed by atoms with Crippen LogP contribution in [0.4, 0.5) is 4.79 Å². The van der Waals surface area contributed by atoms with Crippen LogP contribution in [0, 0.1) is 5.41 Å². The van der Waals surface area contributed by atoms with Crippen molar-refractivity contribution in [3.05, 3.63) is 69.7 Å². The standard InChI is InChI=1S/C24H28Cl2N2O4/c1-24(2,3)20-14-28(23(30)31)13-19(27(4)22(29)15-8-6-5-7-9-15)21(32-20)16-10-11-17(25)18(26)12-16/h5-12,19-21H,13-14H2,1-4H3,(H,30,31)/t19-,20?,21+/m1/s1. The van der Waals surface area contributed by atoms with Crippen molar-refractivity contribution in [2.75, 3.05) is 20.1 Å². The van der Waals surface area contributed by atoms with Gasteiger partial charge in [0.1, 0.15) is 6.10 Å². The van der Waals surface area contributed by atoms with E-state index >= 15 is 0 Å². The number of carboxylic acid groups (broad SMARTS) is 1. The van der Waals surface area contributed by atoms with Crippen molar-refractivity contribution in [3.63, 3.8) is 0 Å². The van der Waals surface area contributed by atoms with Crippen molar-refractivity contribution in [3.8, 4) is 0 Å². The van der Waals surface area contributed by atoms with E-state index in [1.165, 1.54) is 4.90 Å². The lowest BCUT2D eigenvalue weighted by Gasteiger charge is -2.36. The normalized spacial score (nSPS) is 21.7. The Morgan fingerprint density at radius 2 is 1.72 bits per heavy atom. The number of nitrogens with zero attached hydrogens (tertiary/aromatic N) is 2. The summed E-state index contributed by atoms with van der Waals surface area (Å²) in [4.78, 5) is 28.2. The van der Waals surface area contributed by atoms with Crippen LogP contribution in [0.15, 0.2) is 48.5 Å². The Balaban J connectivity index is 2.08. The summed E-state index contributed by atoms with van der Waals surface area (Å²) in [6.07, 6.45) is -2.05. The summed E-state index contributed by atoms with van der Waals surface area (Å²) < 4.78 is 6.56.